The Balaban J connectivity index is 1.67. The maximum Gasteiger partial charge on any atom is 0.251 e. The molecule has 0 atom stereocenters. The molecule has 2 aromatic carbocycles. The standard InChI is InChI=1S/C18H16N2O2S/c1-12(21)18-20-15-8-7-14(11-16(15)23-18)17(22)19-10-9-13-5-3-2-4-6-13/h2-8,11H,9-10H2,1H3,(H,19,22). The first-order valence-electron chi connectivity index (χ1n) is 7.37. The highest BCUT2D eigenvalue weighted by Crippen LogP contribution is 2.23. The third kappa shape index (κ3) is 3.63. The molecule has 0 spiro atoms. The molecular weight excluding hydrogens is 308 g/mol. The third-order valence-electron chi connectivity index (χ3n) is 3.49. The molecule has 116 valence electrons. The molecule has 1 N–H and O–H groups in total. The number of rotatable bonds is 5. The Bertz CT molecular complexity index is 856. The summed E-state index contributed by atoms with van der Waals surface area (Å²) in [4.78, 5) is 27.9. The SMILES string of the molecule is CC(=O)c1nc2ccc(C(=O)NCCc3ccccc3)cc2s1. The van der Waals surface area contributed by atoms with E-state index in [1.807, 2.05) is 30.3 Å². The monoisotopic (exact) mass is 324 g/mol. The van der Waals surface area contributed by atoms with Crippen molar-refractivity contribution in [2.24, 2.45) is 0 Å². The van der Waals surface area contributed by atoms with Gasteiger partial charge in [-0.2, -0.15) is 0 Å². The molecular formula is C18H16N2O2S. The van der Waals surface area contributed by atoms with Gasteiger partial charge in [0.15, 0.2) is 10.8 Å². The number of Topliss-reactive ketones (excluding diaryl/α,β-unsaturated/α-hetero) is 1. The number of carbonyl (C=O) groups excluding carboxylic acids is 2. The summed E-state index contributed by atoms with van der Waals surface area (Å²) in [7, 11) is 0. The van der Waals surface area contributed by atoms with Crippen molar-refractivity contribution in [3.8, 4) is 0 Å². The number of thiazole rings is 1. The number of benzene rings is 2. The molecule has 1 heterocycles. The molecule has 4 nitrogen and oxygen atoms in total. The van der Waals surface area contributed by atoms with E-state index in [0.717, 1.165) is 16.6 Å². The first kappa shape index (κ1) is 15.4. The van der Waals surface area contributed by atoms with Gasteiger partial charge in [-0.25, -0.2) is 4.98 Å². The predicted molar refractivity (Wildman–Crippen MR) is 92.1 cm³/mol. The molecule has 0 saturated carbocycles. The van der Waals surface area contributed by atoms with Crippen molar-refractivity contribution >= 4 is 33.2 Å². The van der Waals surface area contributed by atoms with Crippen LogP contribution in [-0.2, 0) is 6.42 Å². The van der Waals surface area contributed by atoms with Gasteiger partial charge < -0.3 is 5.32 Å². The van der Waals surface area contributed by atoms with Crippen molar-refractivity contribution in [2.75, 3.05) is 6.54 Å². The molecule has 1 aromatic heterocycles. The van der Waals surface area contributed by atoms with E-state index in [0.29, 0.717) is 17.1 Å². The zero-order valence-corrected chi connectivity index (χ0v) is 13.5. The van der Waals surface area contributed by atoms with E-state index in [1.54, 1.807) is 18.2 Å². The van der Waals surface area contributed by atoms with Crippen LogP contribution in [0.5, 0.6) is 0 Å². The molecule has 23 heavy (non-hydrogen) atoms. The molecule has 3 aromatic rings. The van der Waals surface area contributed by atoms with Crippen molar-refractivity contribution in [1.29, 1.82) is 0 Å². The number of aromatic nitrogens is 1. The van der Waals surface area contributed by atoms with Crippen LogP contribution in [0.3, 0.4) is 0 Å². The van der Waals surface area contributed by atoms with Crippen LogP contribution in [0.4, 0.5) is 0 Å². The first-order chi connectivity index (χ1) is 11.1. The summed E-state index contributed by atoms with van der Waals surface area (Å²) >= 11 is 1.32. The molecule has 0 aliphatic heterocycles. The highest BCUT2D eigenvalue weighted by Gasteiger charge is 2.11. The number of hydrogen-bond donors (Lipinski definition) is 1. The van der Waals surface area contributed by atoms with Gasteiger partial charge in [-0.15, -0.1) is 11.3 Å². The van der Waals surface area contributed by atoms with E-state index in [-0.39, 0.29) is 11.7 Å². The fourth-order valence-electron chi connectivity index (χ4n) is 2.28. The molecule has 5 heteroatoms. The lowest BCUT2D eigenvalue weighted by molar-refractivity contribution is 0.0953. The average Bonchev–Trinajstić information content (AvgIpc) is 2.99. The second-order valence-electron chi connectivity index (χ2n) is 5.25. The zero-order valence-electron chi connectivity index (χ0n) is 12.7. The van der Waals surface area contributed by atoms with Crippen molar-refractivity contribution < 1.29 is 9.59 Å². The van der Waals surface area contributed by atoms with Crippen molar-refractivity contribution in [3.63, 3.8) is 0 Å². The van der Waals surface area contributed by atoms with Crippen LogP contribution >= 0.6 is 11.3 Å². The van der Waals surface area contributed by atoms with Crippen LogP contribution in [0.15, 0.2) is 48.5 Å². The number of ketones is 1. The van der Waals surface area contributed by atoms with Crippen LogP contribution in [0.25, 0.3) is 10.2 Å². The van der Waals surface area contributed by atoms with E-state index in [2.05, 4.69) is 10.3 Å². The van der Waals surface area contributed by atoms with Crippen LogP contribution < -0.4 is 5.32 Å². The third-order valence-corrected chi connectivity index (χ3v) is 4.61. The van der Waals surface area contributed by atoms with Gasteiger partial charge in [-0.1, -0.05) is 30.3 Å². The minimum atomic E-state index is -0.111. The number of nitrogens with one attached hydrogen (secondary N) is 1. The summed E-state index contributed by atoms with van der Waals surface area (Å²) in [5.41, 5.74) is 2.53. The fraction of sp³-hybridized carbons (Fsp3) is 0.167. The molecule has 0 unspecified atom stereocenters. The summed E-state index contributed by atoms with van der Waals surface area (Å²) < 4.78 is 0.853. The summed E-state index contributed by atoms with van der Waals surface area (Å²) in [5.74, 6) is -0.166. The highest BCUT2D eigenvalue weighted by atomic mass is 32.1. The quantitative estimate of drug-likeness (QED) is 0.731. The van der Waals surface area contributed by atoms with E-state index in [4.69, 9.17) is 0 Å². The van der Waals surface area contributed by atoms with Crippen LogP contribution in [-0.4, -0.2) is 23.2 Å². The van der Waals surface area contributed by atoms with Crippen LogP contribution in [0.1, 0.15) is 32.6 Å². The van der Waals surface area contributed by atoms with Gasteiger partial charge in [0.25, 0.3) is 5.91 Å². The highest BCUT2D eigenvalue weighted by molar-refractivity contribution is 7.20. The van der Waals surface area contributed by atoms with E-state index in [9.17, 15) is 9.59 Å². The molecule has 0 fully saturated rings. The summed E-state index contributed by atoms with van der Waals surface area (Å²) in [6.07, 6.45) is 0.796. The normalized spacial score (nSPS) is 10.7. The Morgan fingerprint density at radius 1 is 1.13 bits per heavy atom. The van der Waals surface area contributed by atoms with Gasteiger partial charge >= 0.3 is 0 Å². The smallest absolute Gasteiger partial charge is 0.251 e. The minimum absolute atomic E-state index is 0.0555. The van der Waals surface area contributed by atoms with E-state index in [1.165, 1.54) is 23.8 Å². The largest absolute Gasteiger partial charge is 0.352 e. The Labute approximate surface area is 138 Å². The molecule has 0 radical (unpaired) electrons. The van der Waals surface area contributed by atoms with E-state index < -0.39 is 0 Å². The van der Waals surface area contributed by atoms with E-state index >= 15 is 0 Å². The minimum Gasteiger partial charge on any atom is -0.352 e. The van der Waals surface area contributed by atoms with Gasteiger partial charge in [0.1, 0.15) is 0 Å². The first-order valence-corrected chi connectivity index (χ1v) is 8.19. The number of amides is 1. The van der Waals surface area contributed by atoms with Crippen molar-refractivity contribution in [2.45, 2.75) is 13.3 Å². The molecule has 0 saturated heterocycles. The maximum absolute atomic E-state index is 12.2. The second kappa shape index (κ2) is 6.71. The number of carbonyl (C=O) groups is 2. The van der Waals surface area contributed by atoms with Gasteiger partial charge in [-0.3, -0.25) is 9.59 Å². The lowest BCUT2D eigenvalue weighted by atomic mass is 10.1. The van der Waals surface area contributed by atoms with Crippen molar-refractivity contribution in [1.82, 2.24) is 10.3 Å². The molecule has 0 bridgehead atoms. The maximum atomic E-state index is 12.2. The van der Waals surface area contributed by atoms with Crippen molar-refractivity contribution in [3.05, 3.63) is 64.7 Å². The second-order valence-corrected chi connectivity index (χ2v) is 6.28. The summed E-state index contributed by atoms with van der Waals surface area (Å²) in [6.45, 7) is 2.08. The Kier molecular flexibility index (Phi) is 4.48. The predicted octanol–water partition coefficient (Wildman–Crippen LogP) is 3.47. The molecule has 0 aliphatic carbocycles. The lowest BCUT2D eigenvalue weighted by Crippen LogP contribution is -2.25. The van der Waals surface area contributed by atoms with Crippen LogP contribution in [0.2, 0.25) is 0 Å². The average molecular weight is 324 g/mol. The van der Waals surface area contributed by atoms with Gasteiger partial charge in [0.05, 0.1) is 10.2 Å². The number of hydrogen-bond acceptors (Lipinski definition) is 4. The molecule has 1 amide bonds. The van der Waals surface area contributed by atoms with Gasteiger partial charge in [0, 0.05) is 19.0 Å². The fourth-order valence-corrected chi connectivity index (χ4v) is 3.18. The Morgan fingerprint density at radius 3 is 2.65 bits per heavy atom. The lowest BCUT2D eigenvalue weighted by Gasteiger charge is -2.05. The summed E-state index contributed by atoms with van der Waals surface area (Å²) in [5, 5.41) is 3.39. The Morgan fingerprint density at radius 2 is 1.91 bits per heavy atom. The Hall–Kier alpha value is -2.53. The number of nitrogens with zero attached hydrogens (tertiary/aromatic N) is 1. The van der Waals surface area contributed by atoms with Crippen LogP contribution in [0, 0.1) is 0 Å². The molecule has 0 aliphatic rings. The van der Waals surface area contributed by atoms with Gasteiger partial charge in [0.2, 0.25) is 0 Å². The molecule has 3 rings (SSSR count). The topological polar surface area (TPSA) is 59.1 Å². The number of fused-ring (bicyclic) bond motifs is 1. The summed E-state index contributed by atoms with van der Waals surface area (Å²) in [6, 6.07) is 15.3. The van der Waals surface area contributed by atoms with Gasteiger partial charge in [-0.05, 0) is 30.2 Å². The zero-order chi connectivity index (χ0) is 16.2.